The van der Waals surface area contributed by atoms with Crippen LogP contribution in [0.4, 0.5) is 5.69 Å². The van der Waals surface area contributed by atoms with E-state index >= 15 is 0 Å². The Morgan fingerprint density at radius 2 is 2.06 bits per heavy atom. The van der Waals surface area contributed by atoms with Crippen molar-refractivity contribution < 1.29 is 4.74 Å². The predicted octanol–water partition coefficient (Wildman–Crippen LogP) is 3.15. The van der Waals surface area contributed by atoms with Gasteiger partial charge in [-0.2, -0.15) is 5.26 Å². The molecule has 3 rings (SSSR count). The molecule has 0 radical (unpaired) electrons. The summed E-state index contributed by atoms with van der Waals surface area (Å²) in [6.45, 7) is 7.01. The van der Waals surface area contributed by atoms with Crippen LogP contribution in [0.15, 0.2) is 32.3 Å². The SMILES string of the molecule is CCCC(=N)c1nc(-c2cc(S(=N)(=NC#N)N3CCN(C)CC3)ccc2OCC)[nH]c(=O)c1NC. The summed E-state index contributed by atoms with van der Waals surface area (Å²) < 4.78 is 21.1. The highest BCUT2D eigenvalue weighted by Gasteiger charge is 2.25. The van der Waals surface area contributed by atoms with Gasteiger partial charge in [-0.15, -0.1) is 4.36 Å². The lowest BCUT2D eigenvalue weighted by molar-refractivity contribution is 0.230. The molecule has 4 N–H and O–H groups in total. The number of hydrogen-bond donors (Lipinski definition) is 4. The highest BCUT2D eigenvalue weighted by molar-refractivity contribution is 7.92. The van der Waals surface area contributed by atoms with Crippen LogP contribution in [0.3, 0.4) is 0 Å². The maximum absolute atomic E-state index is 12.9. The van der Waals surface area contributed by atoms with E-state index in [4.69, 9.17) is 10.1 Å². The standard InChI is InChI=1S/C23H33N9O2S/c1-5-7-18(25)20-21(27-3)23(33)30-22(29-20)17-14-16(8-9-19(17)34-6-2)35(26,28-15-24)32-12-10-31(4)11-13-32/h8-9,14,25-27H,5-7,10-13H2,1-4H3,(H,29,30,33). The fourth-order valence-corrected chi connectivity index (χ4v) is 5.81. The molecule has 11 nitrogen and oxygen atoms in total. The number of anilines is 1. The highest BCUT2D eigenvalue weighted by atomic mass is 32.2. The van der Waals surface area contributed by atoms with E-state index in [0.717, 1.165) is 19.5 Å². The summed E-state index contributed by atoms with van der Waals surface area (Å²) in [6, 6.07) is 5.23. The zero-order valence-corrected chi connectivity index (χ0v) is 21.5. The van der Waals surface area contributed by atoms with Gasteiger partial charge in [0.2, 0.25) is 6.19 Å². The van der Waals surface area contributed by atoms with Crippen LogP contribution in [-0.4, -0.2) is 71.8 Å². The molecule has 1 aliphatic heterocycles. The van der Waals surface area contributed by atoms with Gasteiger partial charge in [0.1, 0.15) is 23.0 Å². The first-order valence-corrected chi connectivity index (χ1v) is 13.1. The normalized spacial score (nSPS) is 16.2. The molecule has 1 atom stereocenters. The number of aromatic amines is 1. The van der Waals surface area contributed by atoms with Crippen LogP contribution in [0.2, 0.25) is 0 Å². The molecule has 2 heterocycles. The molecule has 35 heavy (non-hydrogen) atoms. The summed E-state index contributed by atoms with van der Waals surface area (Å²) >= 11 is 0. The van der Waals surface area contributed by atoms with E-state index in [1.807, 2.05) is 31.4 Å². The minimum Gasteiger partial charge on any atom is -0.493 e. The summed E-state index contributed by atoms with van der Waals surface area (Å²) in [5.41, 5.74) is 0.869. The van der Waals surface area contributed by atoms with Gasteiger partial charge >= 0.3 is 0 Å². The molecule has 1 aromatic heterocycles. The number of rotatable bonds is 9. The van der Waals surface area contributed by atoms with Crippen LogP contribution >= 0.6 is 0 Å². The summed E-state index contributed by atoms with van der Waals surface area (Å²) in [5.74, 6) is 0.730. The van der Waals surface area contributed by atoms with Gasteiger partial charge in [-0.3, -0.25) is 9.57 Å². The second-order valence-electron chi connectivity index (χ2n) is 8.18. The van der Waals surface area contributed by atoms with Crippen molar-refractivity contribution in [2.45, 2.75) is 31.6 Å². The smallest absolute Gasteiger partial charge is 0.275 e. The monoisotopic (exact) mass is 499 g/mol. The minimum atomic E-state index is -2.72. The van der Waals surface area contributed by atoms with Crippen molar-refractivity contribution in [2.24, 2.45) is 4.36 Å². The van der Waals surface area contributed by atoms with E-state index in [-0.39, 0.29) is 22.9 Å². The molecule has 188 valence electrons. The fourth-order valence-electron chi connectivity index (χ4n) is 3.94. The molecular weight excluding hydrogens is 466 g/mol. The number of benzene rings is 1. The quantitative estimate of drug-likeness (QED) is 0.305. The molecular formula is C23H33N9O2S. The maximum Gasteiger partial charge on any atom is 0.275 e. The number of nitrogens with zero attached hydrogens (tertiary/aromatic N) is 5. The summed E-state index contributed by atoms with van der Waals surface area (Å²) in [4.78, 5) is 23.1. The molecule has 0 spiro atoms. The lowest BCUT2D eigenvalue weighted by Gasteiger charge is -2.35. The Morgan fingerprint density at radius 1 is 1.34 bits per heavy atom. The largest absolute Gasteiger partial charge is 0.493 e. The van der Waals surface area contributed by atoms with E-state index in [0.29, 0.717) is 42.3 Å². The number of H-pyrrole nitrogens is 1. The molecule has 0 saturated carbocycles. The van der Waals surface area contributed by atoms with Gasteiger partial charge in [-0.1, -0.05) is 13.3 Å². The van der Waals surface area contributed by atoms with Crippen LogP contribution in [0.1, 0.15) is 32.4 Å². The van der Waals surface area contributed by atoms with Crippen molar-refractivity contribution in [1.29, 1.82) is 15.5 Å². The van der Waals surface area contributed by atoms with Crippen molar-refractivity contribution in [2.75, 3.05) is 52.2 Å². The number of piperazine rings is 1. The summed E-state index contributed by atoms with van der Waals surface area (Å²) in [5, 5.41) is 20.7. The lowest BCUT2D eigenvalue weighted by atomic mass is 10.1. The molecule has 1 aromatic carbocycles. The number of ether oxygens (including phenoxy) is 1. The number of nitriles is 1. The van der Waals surface area contributed by atoms with Gasteiger partial charge in [0.15, 0.2) is 0 Å². The first kappa shape index (κ1) is 26.3. The third kappa shape index (κ3) is 5.53. The van der Waals surface area contributed by atoms with Gasteiger partial charge in [-0.25, -0.2) is 9.29 Å². The highest BCUT2D eigenvalue weighted by Crippen LogP contribution is 2.33. The Balaban J connectivity index is 2.22. The molecule has 1 saturated heterocycles. The Morgan fingerprint density at radius 3 is 2.66 bits per heavy atom. The van der Waals surface area contributed by atoms with Gasteiger partial charge in [0.05, 0.1) is 17.9 Å². The number of aromatic nitrogens is 2. The van der Waals surface area contributed by atoms with E-state index in [1.165, 1.54) is 0 Å². The molecule has 0 bridgehead atoms. The Kier molecular flexibility index (Phi) is 8.61. The molecule has 1 fully saturated rings. The average Bonchev–Trinajstić information content (AvgIpc) is 2.84. The Hall–Kier alpha value is -3.27. The van der Waals surface area contributed by atoms with E-state index < -0.39 is 15.4 Å². The van der Waals surface area contributed by atoms with Crippen LogP contribution in [0.25, 0.3) is 11.4 Å². The van der Waals surface area contributed by atoms with Crippen LogP contribution in [-0.2, 0) is 9.81 Å². The van der Waals surface area contributed by atoms with Crippen LogP contribution in [0.5, 0.6) is 5.75 Å². The van der Waals surface area contributed by atoms with Crippen molar-refractivity contribution in [3.63, 3.8) is 0 Å². The third-order valence-corrected chi connectivity index (χ3v) is 8.17. The van der Waals surface area contributed by atoms with E-state index in [1.54, 1.807) is 25.2 Å². The van der Waals surface area contributed by atoms with Gasteiger partial charge in [0.25, 0.3) is 5.56 Å². The zero-order chi connectivity index (χ0) is 25.6. The molecule has 12 heteroatoms. The average molecular weight is 500 g/mol. The fraction of sp³-hybridized carbons (Fsp3) is 0.478. The van der Waals surface area contributed by atoms with Gasteiger partial charge < -0.3 is 25.3 Å². The second-order valence-corrected chi connectivity index (χ2v) is 10.4. The van der Waals surface area contributed by atoms with Gasteiger partial charge in [-0.05, 0) is 38.6 Å². The molecule has 0 amide bonds. The topological polar surface area (TPSA) is 157 Å². The van der Waals surface area contributed by atoms with Crippen LogP contribution in [0, 0.1) is 21.6 Å². The predicted molar refractivity (Wildman–Crippen MR) is 138 cm³/mol. The lowest BCUT2D eigenvalue weighted by Crippen LogP contribution is -2.46. The Labute approximate surface area is 206 Å². The molecule has 0 aliphatic carbocycles. The van der Waals surface area contributed by atoms with E-state index in [9.17, 15) is 14.8 Å². The van der Waals surface area contributed by atoms with Gasteiger partial charge in [0, 0.05) is 47.9 Å². The molecule has 1 unspecified atom stereocenters. The molecule has 2 aromatic rings. The summed E-state index contributed by atoms with van der Waals surface area (Å²) in [6.07, 6.45) is 3.08. The van der Waals surface area contributed by atoms with E-state index in [2.05, 4.69) is 24.5 Å². The first-order chi connectivity index (χ1) is 16.8. The van der Waals surface area contributed by atoms with Crippen molar-refractivity contribution in [3.05, 3.63) is 34.2 Å². The number of likely N-dealkylation sites (N-methyl/N-ethyl adjacent to an activating group) is 1. The zero-order valence-electron chi connectivity index (χ0n) is 20.6. The molecule has 1 aliphatic rings. The van der Waals surface area contributed by atoms with Crippen molar-refractivity contribution >= 4 is 21.2 Å². The summed E-state index contributed by atoms with van der Waals surface area (Å²) in [7, 11) is 0.928. The number of hydrogen-bond acceptors (Lipinski definition) is 9. The van der Waals surface area contributed by atoms with Crippen molar-refractivity contribution in [1.82, 2.24) is 19.2 Å². The maximum atomic E-state index is 12.9. The number of nitrogens with one attached hydrogen (secondary N) is 4. The third-order valence-electron chi connectivity index (χ3n) is 5.80. The van der Waals surface area contributed by atoms with Crippen molar-refractivity contribution in [3.8, 4) is 23.3 Å². The first-order valence-electron chi connectivity index (χ1n) is 11.6. The van der Waals surface area contributed by atoms with Crippen LogP contribution < -0.4 is 15.6 Å². The Bertz CT molecular complexity index is 1300. The second kappa shape index (κ2) is 11.4. The minimum absolute atomic E-state index is 0.235.